The Balaban J connectivity index is 2.37. The van der Waals surface area contributed by atoms with Gasteiger partial charge in [0.05, 0.1) is 19.1 Å². The number of carbonyl (C=O) groups is 1. The molecule has 1 amide bonds. The summed E-state index contributed by atoms with van der Waals surface area (Å²) in [6, 6.07) is 1.95. The van der Waals surface area contributed by atoms with Crippen LogP contribution < -0.4 is 0 Å². The standard InChI is InChI=1S/C10H16N4O2/c1-2-16-10(15)14-7-5-13(6-8-14)9(12)3-4-11/h12H,2-3,5-8H2,1H3. The lowest BCUT2D eigenvalue weighted by Crippen LogP contribution is -2.50. The molecule has 1 heterocycles. The average molecular weight is 224 g/mol. The molecule has 88 valence electrons. The van der Waals surface area contributed by atoms with E-state index in [0.717, 1.165) is 0 Å². The van der Waals surface area contributed by atoms with E-state index >= 15 is 0 Å². The third kappa shape index (κ3) is 3.12. The minimum absolute atomic E-state index is 0.124. The van der Waals surface area contributed by atoms with Crippen LogP contribution in [0.25, 0.3) is 0 Å². The summed E-state index contributed by atoms with van der Waals surface area (Å²) in [5.74, 6) is 0.325. The van der Waals surface area contributed by atoms with E-state index in [2.05, 4.69) is 0 Å². The Labute approximate surface area is 94.9 Å². The number of hydrogen-bond acceptors (Lipinski definition) is 4. The lowest BCUT2D eigenvalue weighted by Gasteiger charge is -2.34. The third-order valence-electron chi connectivity index (χ3n) is 2.43. The van der Waals surface area contributed by atoms with E-state index in [1.807, 2.05) is 11.0 Å². The highest BCUT2D eigenvalue weighted by atomic mass is 16.6. The second-order valence-corrected chi connectivity index (χ2v) is 3.45. The van der Waals surface area contributed by atoms with Gasteiger partial charge in [-0.3, -0.25) is 5.41 Å². The fraction of sp³-hybridized carbons (Fsp3) is 0.700. The third-order valence-corrected chi connectivity index (χ3v) is 2.43. The van der Waals surface area contributed by atoms with E-state index in [-0.39, 0.29) is 12.5 Å². The maximum absolute atomic E-state index is 11.4. The first-order chi connectivity index (χ1) is 7.69. The largest absolute Gasteiger partial charge is 0.450 e. The number of amides is 1. The van der Waals surface area contributed by atoms with E-state index in [1.54, 1.807) is 11.8 Å². The summed E-state index contributed by atoms with van der Waals surface area (Å²) < 4.78 is 4.89. The SMILES string of the molecule is CCOC(=O)N1CCN(C(=N)CC#N)CC1. The molecule has 0 aromatic rings. The van der Waals surface area contributed by atoms with Crippen molar-refractivity contribution < 1.29 is 9.53 Å². The summed E-state index contributed by atoms with van der Waals surface area (Å²) in [4.78, 5) is 14.8. The van der Waals surface area contributed by atoms with E-state index in [4.69, 9.17) is 15.4 Å². The number of hydrogen-bond donors (Lipinski definition) is 1. The highest BCUT2D eigenvalue weighted by molar-refractivity contribution is 5.81. The molecular formula is C10H16N4O2. The summed E-state index contributed by atoms with van der Waals surface area (Å²) in [7, 11) is 0. The minimum Gasteiger partial charge on any atom is -0.450 e. The van der Waals surface area contributed by atoms with Crippen molar-refractivity contribution in [2.24, 2.45) is 0 Å². The smallest absolute Gasteiger partial charge is 0.409 e. The van der Waals surface area contributed by atoms with Crippen LogP contribution >= 0.6 is 0 Å². The fourth-order valence-corrected chi connectivity index (χ4v) is 1.56. The maximum Gasteiger partial charge on any atom is 0.409 e. The van der Waals surface area contributed by atoms with Crippen LogP contribution in [0.1, 0.15) is 13.3 Å². The minimum atomic E-state index is -0.297. The zero-order valence-electron chi connectivity index (χ0n) is 9.40. The van der Waals surface area contributed by atoms with Gasteiger partial charge in [0.15, 0.2) is 0 Å². The molecule has 0 spiro atoms. The number of nitriles is 1. The number of nitrogens with zero attached hydrogens (tertiary/aromatic N) is 3. The van der Waals surface area contributed by atoms with Crippen LogP contribution in [-0.4, -0.2) is 54.5 Å². The summed E-state index contributed by atoms with van der Waals surface area (Å²) in [6.45, 7) is 4.44. The van der Waals surface area contributed by atoms with Crippen molar-refractivity contribution in [1.29, 1.82) is 10.7 Å². The summed E-state index contributed by atoms with van der Waals surface area (Å²) in [5, 5.41) is 16.1. The Morgan fingerprint density at radius 3 is 2.44 bits per heavy atom. The van der Waals surface area contributed by atoms with Crippen molar-refractivity contribution in [3.63, 3.8) is 0 Å². The molecule has 1 fully saturated rings. The van der Waals surface area contributed by atoms with Crippen LogP contribution in [-0.2, 0) is 4.74 Å². The maximum atomic E-state index is 11.4. The first-order valence-electron chi connectivity index (χ1n) is 5.30. The zero-order valence-corrected chi connectivity index (χ0v) is 9.40. The average Bonchev–Trinajstić information content (AvgIpc) is 2.30. The van der Waals surface area contributed by atoms with Crippen molar-refractivity contribution in [2.75, 3.05) is 32.8 Å². The molecule has 0 saturated carbocycles. The zero-order chi connectivity index (χ0) is 12.0. The second-order valence-electron chi connectivity index (χ2n) is 3.45. The molecule has 0 aliphatic carbocycles. The Morgan fingerprint density at radius 2 is 1.94 bits per heavy atom. The van der Waals surface area contributed by atoms with Gasteiger partial charge in [-0.1, -0.05) is 0 Å². The van der Waals surface area contributed by atoms with Gasteiger partial charge in [0.25, 0.3) is 0 Å². The Hall–Kier alpha value is -1.77. The van der Waals surface area contributed by atoms with Crippen molar-refractivity contribution in [3.8, 4) is 6.07 Å². The van der Waals surface area contributed by atoms with Gasteiger partial charge >= 0.3 is 6.09 Å². The van der Waals surface area contributed by atoms with Gasteiger partial charge in [-0.05, 0) is 6.92 Å². The molecule has 0 aromatic carbocycles. The molecule has 1 rings (SSSR count). The van der Waals surface area contributed by atoms with Crippen LogP contribution in [0, 0.1) is 16.7 Å². The second kappa shape index (κ2) is 5.95. The van der Waals surface area contributed by atoms with Gasteiger partial charge in [0.2, 0.25) is 0 Å². The molecule has 0 radical (unpaired) electrons. The van der Waals surface area contributed by atoms with Crippen molar-refractivity contribution in [2.45, 2.75) is 13.3 Å². The van der Waals surface area contributed by atoms with Crippen LogP contribution in [0.5, 0.6) is 0 Å². The normalized spacial score (nSPS) is 15.5. The number of ether oxygens (including phenoxy) is 1. The predicted octanol–water partition coefficient (Wildman–Crippen LogP) is 0.651. The van der Waals surface area contributed by atoms with E-state index < -0.39 is 0 Å². The number of piperazine rings is 1. The summed E-state index contributed by atoms with van der Waals surface area (Å²) in [6.07, 6.45) is -0.173. The highest BCUT2D eigenvalue weighted by Crippen LogP contribution is 2.05. The molecule has 0 bridgehead atoms. The molecule has 0 atom stereocenters. The molecule has 1 N–H and O–H groups in total. The summed E-state index contributed by atoms with van der Waals surface area (Å²) >= 11 is 0. The predicted molar refractivity (Wildman–Crippen MR) is 58.1 cm³/mol. The van der Waals surface area contributed by atoms with Crippen LogP contribution in [0.3, 0.4) is 0 Å². The van der Waals surface area contributed by atoms with Gasteiger partial charge in [0, 0.05) is 26.2 Å². The van der Waals surface area contributed by atoms with Gasteiger partial charge in [-0.25, -0.2) is 4.79 Å². The van der Waals surface area contributed by atoms with Crippen LogP contribution in [0.15, 0.2) is 0 Å². The Kier molecular flexibility index (Phi) is 4.58. The van der Waals surface area contributed by atoms with E-state index in [0.29, 0.717) is 38.6 Å². The monoisotopic (exact) mass is 224 g/mol. The molecule has 6 heteroatoms. The van der Waals surface area contributed by atoms with Gasteiger partial charge < -0.3 is 14.5 Å². The highest BCUT2D eigenvalue weighted by Gasteiger charge is 2.22. The quantitative estimate of drug-likeness (QED) is 0.551. The molecule has 6 nitrogen and oxygen atoms in total. The molecular weight excluding hydrogens is 208 g/mol. The number of rotatable bonds is 2. The molecule has 16 heavy (non-hydrogen) atoms. The van der Waals surface area contributed by atoms with Crippen molar-refractivity contribution in [1.82, 2.24) is 9.80 Å². The first kappa shape index (κ1) is 12.3. The molecule has 1 saturated heterocycles. The van der Waals surface area contributed by atoms with Gasteiger partial charge in [0.1, 0.15) is 5.84 Å². The molecule has 0 unspecified atom stereocenters. The lowest BCUT2D eigenvalue weighted by molar-refractivity contribution is 0.0917. The fourth-order valence-electron chi connectivity index (χ4n) is 1.56. The number of nitrogens with one attached hydrogen (secondary N) is 1. The van der Waals surface area contributed by atoms with Crippen molar-refractivity contribution >= 4 is 11.9 Å². The molecule has 1 aliphatic rings. The van der Waals surface area contributed by atoms with Crippen LogP contribution in [0.2, 0.25) is 0 Å². The summed E-state index contributed by atoms with van der Waals surface area (Å²) in [5.41, 5.74) is 0. The Morgan fingerprint density at radius 1 is 1.38 bits per heavy atom. The topological polar surface area (TPSA) is 80.4 Å². The number of carbonyl (C=O) groups excluding carboxylic acids is 1. The van der Waals surface area contributed by atoms with Gasteiger partial charge in [-0.2, -0.15) is 5.26 Å². The van der Waals surface area contributed by atoms with Crippen molar-refractivity contribution in [3.05, 3.63) is 0 Å². The molecule has 0 aromatic heterocycles. The van der Waals surface area contributed by atoms with E-state index in [1.165, 1.54) is 0 Å². The first-order valence-corrected chi connectivity index (χ1v) is 5.30. The van der Waals surface area contributed by atoms with Crippen LogP contribution in [0.4, 0.5) is 4.79 Å². The Bertz CT molecular complexity index is 302. The number of amidine groups is 1. The molecule has 1 aliphatic heterocycles. The lowest BCUT2D eigenvalue weighted by atomic mass is 10.3. The van der Waals surface area contributed by atoms with E-state index in [9.17, 15) is 4.79 Å². The van der Waals surface area contributed by atoms with Gasteiger partial charge in [-0.15, -0.1) is 0 Å².